The molecule has 0 bridgehead atoms. The van der Waals surface area contributed by atoms with E-state index in [1.54, 1.807) is 7.11 Å². The van der Waals surface area contributed by atoms with Crippen LogP contribution in [0.3, 0.4) is 0 Å². The number of methoxy groups -OCH3 is 1. The van der Waals surface area contributed by atoms with Crippen LogP contribution in [0.15, 0.2) is 0 Å². The molecule has 1 saturated carbocycles. The summed E-state index contributed by atoms with van der Waals surface area (Å²) >= 11 is 0. The van der Waals surface area contributed by atoms with E-state index in [0.717, 1.165) is 31.6 Å². The van der Waals surface area contributed by atoms with Crippen LogP contribution in [0.2, 0.25) is 0 Å². The van der Waals surface area contributed by atoms with Crippen molar-refractivity contribution in [1.29, 1.82) is 0 Å². The van der Waals surface area contributed by atoms with Crippen molar-refractivity contribution in [2.75, 3.05) is 7.11 Å². The SMILES string of the molecule is CCCCCCCCCC(O)C1(OC)CCC(C)CC1. The lowest BCUT2D eigenvalue weighted by Gasteiger charge is -2.41. The van der Waals surface area contributed by atoms with E-state index in [4.69, 9.17) is 4.74 Å². The van der Waals surface area contributed by atoms with Crippen LogP contribution in [0.25, 0.3) is 0 Å². The van der Waals surface area contributed by atoms with Gasteiger partial charge in [0.05, 0.1) is 11.7 Å². The van der Waals surface area contributed by atoms with Crippen molar-refractivity contribution in [3.8, 4) is 0 Å². The molecule has 0 aromatic carbocycles. The molecular formula is C18H36O2. The Labute approximate surface area is 126 Å². The zero-order valence-electron chi connectivity index (χ0n) is 14.0. The summed E-state index contributed by atoms with van der Waals surface area (Å²) in [5.74, 6) is 0.795. The first-order valence-electron chi connectivity index (χ1n) is 8.88. The van der Waals surface area contributed by atoms with E-state index in [-0.39, 0.29) is 11.7 Å². The van der Waals surface area contributed by atoms with E-state index in [1.165, 1.54) is 51.4 Å². The zero-order valence-corrected chi connectivity index (χ0v) is 14.0. The van der Waals surface area contributed by atoms with Gasteiger partial charge in [0.1, 0.15) is 0 Å². The molecule has 0 saturated heterocycles. The van der Waals surface area contributed by atoms with Gasteiger partial charge in [-0.25, -0.2) is 0 Å². The molecule has 1 rings (SSSR count). The second-order valence-corrected chi connectivity index (χ2v) is 6.88. The van der Waals surface area contributed by atoms with Crippen molar-refractivity contribution in [3.05, 3.63) is 0 Å². The number of hydrogen-bond acceptors (Lipinski definition) is 2. The number of hydrogen-bond donors (Lipinski definition) is 1. The second kappa shape index (κ2) is 9.78. The van der Waals surface area contributed by atoms with Crippen molar-refractivity contribution in [1.82, 2.24) is 0 Å². The molecule has 2 nitrogen and oxygen atoms in total. The summed E-state index contributed by atoms with van der Waals surface area (Å²) in [6.07, 6.45) is 14.2. The molecule has 1 aliphatic carbocycles. The Kier molecular flexibility index (Phi) is 8.79. The third-order valence-electron chi connectivity index (χ3n) is 5.22. The van der Waals surface area contributed by atoms with Crippen molar-refractivity contribution < 1.29 is 9.84 Å². The molecule has 1 fully saturated rings. The number of aliphatic hydroxyl groups excluding tert-OH is 1. The van der Waals surface area contributed by atoms with Gasteiger partial charge in [-0.2, -0.15) is 0 Å². The molecule has 0 radical (unpaired) electrons. The fourth-order valence-corrected chi connectivity index (χ4v) is 3.48. The minimum absolute atomic E-state index is 0.241. The molecule has 2 heteroatoms. The second-order valence-electron chi connectivity index (χ2n) is 6.88. The first-order valence-corrected chi connectivity index (χ1v) is 8.88. The van der Waals surface area contributed by atoms with Gasteiger partial charge in [-0.3, -0.25) is 0 Å². The van der Waals surface area contributed by atoms with Crippen LogP contribution >= 0.6 is 0 Å². The number of ether oxygens (including phenoxy) is 1. The summed E-state index contributed by atoms with van der Waals surface area (Å²) in [4.78, 5) is 0. The standard InChI is InChI=1S/C18H36O2/c1-4-5-6-7-8-9-10-11-17(19)18(20-3)14-12-16(2)13-15-18/h16-17,19H,4-15H2,1-3H3. The maximum absolute atomic E-state index is 10.5. The van der Waals surface area contributed by atoms with Crippen molar-refractivity contribution in [3.63, 3.8) is 0 Å². The van der Waals surface area contributed by atoms with E-state index in [2.05, 4.69) is 13.8 Å². The molecule has 20 heavy (non-hydrogen) atoms. The molecule has 1 aliphatic rings. The van der Waals surface area contributed by atoms with Gasteiger partial charge < -0.3 is 9.84 Å². The highest BCUT2D eigenvalue weighted by molar-refractivity contribution is 4.92. The van der Waals surface area contributed by atoms with E-state index in [9.17, 15) is 5.11 Å². The average molecular weight is 284 g/mol. The summed E-state index contributed by atoms with van der Waals surface area (Å²) in [5, 5.41) is 10.5. The smallest absolute Gasteiger partial charge is 0.0936 e. The third-order valence-corrected chi connectivity index (χ3v) is 5.22. The molecule has 1 unspecified atom stereocenters. The molecule has 0 aliphatic heterocycles. The minimum Gasteiger partial charge on any atom is -0.390 e. The van der Waals surface area contributed by atoms with Crippen LogP contribution in [0.1, 0.15) is 90.9 Å². The fraction of sp³-hybridized carbons (Fsp3) is 1.00. The van der Waals surface area contributed by atoms with E-state index >= 15 is 0 Å². The molecular weight excluding hydrogens is 248 g/mol. The Morgan fingerprint density at radius 2 is 1.60 bits per heavy atom. The zero-order chi connectivity index (χ0) is 14.8. The summed E-state index contributed by atoms with van der Waals surface area (Å²) < 4.78 is 5.75. The average Bonchev–Trinajstić information content (AvgIpc) is 2.47. The summed E-state index contributed by atoms with van der Waals surface area (Å²) in [7, 11) is 1.78. The van der Waals surface area contributed by atoms with E-state index in [0.29, 0.717) is 0 Å². The van der Waals surface area contributed by atoms with E-state index in [1.807, 2.05) is 0 Å². The molecule has 120 valence electrons. The molecule has 1 N–H and O–H groups in total. The molecule has 0 amide bonds. The van der Waals surface area contributed by atoms with Gasteiger partial charge in [-0.15, -0.1) is 0 Å². The molecule has 0 spiro atoms. The molecule has 0 heterocycles. The maximum atomic E-state index is 10.5. The Morgan fingerprint density at radius 3 is 2.15 bits per heavy atom. The highest BCUT2D eigenvalue weighted by Gasteiger charge is 2.40. The first kappa shape index (κ1) is 18.0. The Hall–Kier alpha value is -0.0800. The summed E-state index contributed by atoms with van der Waals surface area (Å²) in [5.41, 5.74) is -0.241. The predicted molar refractivity (Wildman–Crippen MR) is 86.0 cm³/mol. The molecule has 1 atom stereocenters. The lowest BCUT2D eigenvalue weighted by atomic mass is 9.75. The topological polar surface area (TPSA) is 29.5 Å². The van der Waals surface area contributed by atoms with Crippen molar-refractivity contribution in [2.24, 2.45) is 5.92 Å². The highest BCUT2D eigenvalue weighted by Crippen LogP contribution is 2.38. The van der Waals surface area contributed by atoms with E-state index < -0.39 is 0 Å². The van der Waals surface area contributed by atoms with Crippen LogP contribution in [0.4, 0.5) is 0 Å². The minimum atomic E-state index is -0.268. The first-order chi connectivity index (χ1) is 9.64. The number of aliphatic hydroxyl groups is 1. The Morgan fingerprint density at radius 1 is 1.05 bits per heavy atom. The van der Waals surface area contributed by atoms with Crippen molar-refractivity contribution >= 4 is 0 Å². The quantitative estimate of drug-likeness (QED) is 0.567. The van der Waals surface area contributed by atoms with Gasteiger partial charge in [-0.1, -0.05) is 58.8 Å². The van der Waals surface area contributed by atoms with Crippen LogP contribution in [-0.4, -0.2) is 23.9 Å². The number of unbranched alkanes of at least 4 members (excludes halogenated alkanes) is 6. The van der Waals surface area contributed by atoms with Gasteiger partial charge >= 0.3 is 0 Å². The van der Waals surface area contributed by atoms with Gasteiger partial charge in [0.25, 0.3) is 0 Å². The molecule has 0 aromatic heterocycles. The predicted octanol–water partition coefficient (Wildman–Crippen LogP) is 5.08. The largest absolute Gasteiger partial charge is 0.390 e. The fourth-order valence-electron chi connectivity index (χ4n) is 3.48. The van der Waals surface area contributed by atoms with Crippen LogP contribution in [-0.2, 0) is 4.74 Å². The van der Waals surface area contributed by atoms with Crippen LogP contribution in [0.5, 0.6) is 0 Å². The highest BCUT2D eigenvalue weighted by atomic mass is 16.5. The van der Waals surface area contributed by atoms with Gasteiger partial charge in [0.2, 0.25) is 0 Å². The molecule has 0 aromatic rings. The van der Waals surface area contributed by atoms with Gasteiger partial charge in [0, 0.05) is 7.11 Å². The Balaban J connectivity index is 2.18. The van der Waals surface area contributed by atoms with Gasteiger partial charge in [0.15, 0.2) is 0 Å². The van der Waals surface area contributed by atoms with Gasteiger partial charge in [-0.05, 0) is 38.0 Å². The van der Waals surface area contributed by atoms with Crippen LogP contribution in [0, 0.1) is 5.92 Å². The van der Waals surface area contributed by atoms with Crippen molar-refractivity contribution in [2.45, 2.75) is 103 Å². The third kappa shape index (κ3) is 5.73. The normalized spacial score (nSPS) is 28.5. The van der Waals surface area contributed by atoms with Crippen LogP contribution < -0.4 is 0 Å². The lowest BCUT2D eigenvalue weighted by molar-refractivity contribution is -0.130. The summed E-state index contributed by atoms with van der Waals surface area (Å²) in [6, 6.07) is 0. The lowest BCUT2D eigenvalue weighted by Crippen LogP contribution is -2.46. The maximum Gasteiger partial charge on any atom is 0.0936 e. The Bertz CT molecular complexity index is 232. The monoisotopic (exact) mass is 284 g/mol. The number of rotatable bonds is 10. The summed E-state index contributed by atoms with van der Waals surface area (Å²) in [6.45, 7) is 4.56.